The molecule has 0 saturated heterocycles. The summed E-state index contributed by atoms with van der Waals surface area (Å²) in [5.41, 5.74) is 0. The van der Waals surface area contributed by atoms with Crippen molar-refractivity contribution in [2.24, 2.45) is 0 Å². The van der Waals surface area contributed by atoms with E-state index in [1.807, 2.05) is 0 Å². The van der Waals surface area contributed by atoms with Crippen molar-refractivity contribution in [1.82, 2.24) is 9.97 Å². The molecule has 0 aliphatic carbocycles. The van der Waals surface area contributed by atoms with Crippen molar-refractivity contribution in [3.8, 4) is 11.6 Å². The summed E-state index contributed by atoms with van der Waals surface area (Å²) < 4.78 is 55.6. The minimum Gasteiger partial charge on any atom is -0.439 e. The van der Waals surface area contributed by atoms with E-state index in [2.05, 4.69) is 9.97 Å². The molecule has 1 aromatic heterocycles. The van der Waals surface area contributed by atoms with Crippen LogP contribution in [0.15, 0.2) is 24.3 Å². The van der Waals surface area contributed by atoms with Crippen LogP contribution in [0.3, 0.4) is 0 Å². The number of benzene rings is 1. The van der Waals surface area contributed by atoms with Crippen molar-refractivity contribution in [3.05, 3.63) is 46.1 Å². The Morgan fingerprint density at radius 1 is 1.05 bits per heavy atom. The zero-order valence-corrected chi connectivity index (χ0v) is 10.9. The summed E-state index contributed by atoms with van der Waals surface area (Å²) in [6, 6.07) is 4.35. The van der Waals surface area contributed by atoms with Gasteiger partial charge in [0.1, 0.15) is 16.7 Å². The van der Waals surface area contributed by atoms with Crippen LogP contribution in [-0.2, 0) is 6.18 Å². The Balaban J connectivity index is 2.33. The summed E-state index contributed by atoms with van der Waals surface area (Å²) in [5, 5.41) is -0.592. The maximum Gasteiger partial charge on any atom is 0.451 e. The zero-order valence-electron chi connectivity index (χ0n) is 9.38. The molecule has 0 bridgehead atoms. The first kappa shape index (κ1) is 14.8. The first-order valence-corrected chi connectivity index (χ1v) is 5.76. The molecule has 2 rings (SSSR count). The van der Waals surface area contributed by atoms with E-state index in [9.17, 15) is 17.6 Å². The van der Waals surface area contributed by atoms with E-state index in [4.69, 9.17) is 27.9 Å². The highest BCUT2D eigenvalue weighted by molar-refractivity contribution is 6.30. The minimum atomic E-state index is -4.77. The molecule has 0 fully saturated rings. The Labute approximate surface area is 120 Å². The van der Waals surface area contributed by atoms with Crippen molar-refractivity contribution < 1.29 is 22.3 Å². The fourth-order valence-corrected chi connectivity index (χ4v) is 1.53. The van der Waals surface area contributed by atoms with Crippen LogP contribution in [0, 0.1) is 5.82 Å². The molecule has 0 N–H and O–H groups in total. The maximum atomic E-state index is 13.2. The van der Waals surface area contributed by atoms with Gasteiger partial charge in [0.15, 0.2) is 0 Å². The lowest BCUT2D eigenvalue weighted by Crippen LogP contribution is -2.11. The monoisotopic (exact) mass is 326 g/mol. The topological polar surface area (TPSA) is 35.0 Å². The molecule has 0 radical (unpaired) electrons. The number of aromatic nitrogens is 2. The lowest BCUT2D eigenvalue weighted by Gasteiger charge is -2.09. The first-order chi connectivity index (χ1) is 9.25. The SMILES string of the molecule is Fc1cc(Oc2cc(Cl)nc(C(F)(F)F)n2)ccc1Cl. The first-order valence-electron chi connectivity index (χ1n) is 5.00. The molecule has 1 heterocycles. The van der Waals surface area contributed by atoms with Crippen molar-refractivity contribution in [1.29, 1.82) is 0 Å². The van der Waals surface area contributed by atoms with Gasteiger partial charge in [0.2, 0.25) is 11.7 Å². The van der Waals surface area contributed by atoms with Gasteiger partial charge in [0.25, 0.3) is 0 Å². The highest BCUT2D eigenvalue weighted by Gasteiger charge is 2.35. The van der Waals surface area contributed by atoms with Gasteiger partial charge in [-0.15, -0.1) is 0 Å². The number of rotatable bonds is 2. The van der Waals surface area contributed by atoms with Gasteiger partial charge >= 0.3 is 6.18 Å². The number of alkyl halides is 3. The largest absolute Gasteiger partial charge is 0.451 e. The summed E-state index contributed by atoms with van der Waals surface area (Å²) in [7, 11) is 0. The third kappa shape index (κ3) is 3.49. The zero-order chi connectivity index (χ0) is 14.9. The fraction of sp³-hybridized carbons (Fsp3) is 0.0909. The van der Waals surface area contributed by atoms with Gasteiger partial charge in [-0.25, -0.2) is 9.37 Å². The van der Waals surface area contributed by atoms with Crippen molar-refractivity contribution in [2.45, 2.75) is 6.18 Å². The van der Waals surface area contributed by atoms with Gasteiger partial charge in [-0.1, -0.05) is 23.2 Å². The Bertz CT molecular complexity index is 649. The van der Waals surface area contributed by atoms with E-state index in [0.717, 1.165) is 12.1 Å². The predicted molar refractivity (Wildman–Crippen MR) is 63.5 cm³/mol. The van der Waals surface area contributed by atoms with Crippen LogP contribution in [-0.4, -0.2) is 9.97 Å². The molecule has 20 heavy (non-hydrogen) atoms. The van der Waals surface area contributed by atoms with Gasteiger partial charge in [-0.05, 0) is 12.1 Å². The van der Waals surface area contributed by atoms with E-state index >= 15 is 0 Å². The van der Waals surface area contributed by atoms with Crippen LogP contribution in [0.4, 0.5) is 17.6 Å². The molecule has 0 amide bonds. The number of nitrogens with zero attached hydrogens (tertiary/aromatic N) is 2. The molecule has 0 unspecified atom stereocenters. The fourth-order valence-electron chi connectivity index (χ4n) is 1.24. The second-order valence-corrected chi connectivity index (χ2v) is 4.32. The van der Waals surface area contributed by atoms with Crippen LogP contribution in [0.25, 0.3) is 0 Å². The third-order valence-electron chi connectivity index (χ3n) is 2.04. The highest BCUT2D eigenvalue weighted by atomic mass is 35.5. The maximum absolute atomic E-state index is 13.2. The Hall–Kier alpha value is -1.60. The van der Waals surface area contributed by atoms with Crippen LogP contribution in [0.1, 0.15) is 5.82 Å². The van der Waals surface area contributed by atoms with Crippen molar-refractivity contribution in [2.75, 3.05) is 0 Å². The lowest BCUT2D eigenvalue weighted by molar-refractivity contribution is -0.145. The van der Waals surface area contributed by atoms with E-state index in [1.165, 1.54) is 12.1 Å². The third-order valence-corrected chi connectivity index (χ3v) is 2.54. The highest BCUT2D eigenvalue weighted by Crippen LogP contribution is 2.31. The average molecular weight is 327 g/mol. The molecule has 0 aliphatic heterocycles. The molecule has 0 atom stereocenters. The Kier molecular flexibility index (Phi) is 4.01. The van der Waals surface area contributed by atoms with Gasteiger partial charge < -0.3 is 4.74 Å². The minimum absolute atomic E-state index is 0.0743. The molecule has 1 aromatic carbocycles. The van der Waals surface area contributed by atoms with E-state index in [0.29, 0.717) is 0 Å². The molecule has 2 aromatic rings. The van der Waals surface area contributed by atoms with Crippen LogP contribution in [0.5, 0.6) is 11.6 Å². The number of hydrogen-bond acceptors (Lipinski definition) is 3. The molecular weight excluding hydrogens is 323 g/mol. The summed E-state index contributed by atoms with van der Waals surface area (Å²) in [6.45, 7) is 0. The molecular formula is C11H4Cl2F4N2O. The van der Waals surface area contributed by atoms with E-state index < -0.39 is 28.9 Å². The summed E-state index contributed by atoms with van der Waals surface area (Å²) in [4.78, 5) is 6.19. The van der Waals surface area contributed by atoms with Gasteiger partial charge in [0, 0.05) is 12.1 Å². The Morgan fingerprint density at radius 3 is 2.35 bits per heavy atom. The van der Waals surface area contributed by atoms with E-state index in [1.54, 1.807) is 0 Å². The molecule has 9 heteroatoms. The summed E-state index contributed by atoms with van der Waals surface area (Å²) in [5.74, 6) is -2.76. The molecule has 3 nitrogen and oxygen atoms in total. The van der Waals surface area contributed by atoms with Crippen LogP contribution >= 0.6 is 23.2 Å². The lowest BCUT2D eigenvalue weighted by atomic mass is 10.3. The van der Waals surface area contributed by atoms with Crippen LogP contribution < -0.4 is 4.74 Å². The number of ether oxygens (including phenoxy) is 1. The second kappa shape index (κ2) is 5.41. The smallest absolute Gasteiger partial charge is 0.439 e. The Morgan fingerprint density at radius 2 is 1.75 bits per heavy atom. The molecule has 0 aliphatic rings. The molecule has 0 spiro atoms. The molecule has 106 valence electrons. The average Bonchev–Trinajstić information content (AvgIpc) is 2.32. The van der Waals surface area contributed by atoms with Gasteiger partial charge in [0.05, 0.1) is 5.02 Å². The van der Waals surface area contributed by atoms with Gasteiger partial charge in [-0.3, -0.25) is 0 Å². The van der Waals surface area contributed by atoms with E-state index in [-0.39, 0.29) is 10.8 Å². The normalized spacial score (nSPS) is 11.5. The summed E-state index contributed by atoms with van der Waals surface area (Å²) in [6.07, 6.45) is -4.77. The standard InChI is InChI=1S/C11H4Cl2F4N2O/c12-6-2-1-5(3-7(6)14)20-9-4-8(13)18-10(19-9)11(15,16)17/h1-4H. The van der Waals surface area contributed by atoms with Crippen molar-refractivity contribution in [3.63, 3.8) is 0 Å². The van der Waals surface area contributed by atoms with Crippen molar-refractivity contribution >= 4 is 23.2 Å². The summed E-state index contributed by atoms with van der Waals surface area (Å²) >= 11 is 10.9. The number of halogens is 6. The number of hydrogen-bond donors (Lipinski definition) is 0. The van der Waals surface area contributed by atoms with Gasteiger partial charge in [-0.2, -0.15) is 18.2 Å². The molecule has 0 saturated carbocycles. The quantitative estimate of drug-likeness (QED) is 0.591. The van der Waals surface area contributed by atoms with Crippen LogP contribution in [0.2, 0.25) is 10.2 Å². The predicted octanol–water partition coefficient (Wildman–Crippen LogP) is 4.73. The second-order valence-electron chi connectivity index (χ2n) is 3.53.